The van der Waals surface area contributed by atoms with Gasteiger partial charge in [-0.1, -0.05) is 0 Å². The Morgan fingerprint density at radius 1 is 1.50 bits per heavy atom. The van der Waals surface area contributed by atoms with Crippen LogP contribution in [0.1, 0.15) is 0 Å². The maximum atomic E-state index is 8.66. The number of hydrogen-bond acceptors (Lipinski definition) is 3. The standard InChI is InChI=1S/C5H5BBrNO2/c7-5-3-4(6(9)10)1-2-8-5/h1-3,9-10H. The lowest BCUT2D eigenvalue weighted by atomic mass is 9.81. The average molecular weight is 202 g/mol. The normalized spacial score (nSPS) is 9.50. The molecule has 0 radical (unpaired) electrons. The summed E-state index contributed by atoms with van der Waals surface area (Å²) in [5.41, 5.74) is 0.432. The van der Waals surface area contributed by atoms with Gasteiger partial charge in [0.05, 0.1) is 0 Å². The fraction of sp³-hybridized carbons (Fsp3) is 0. The molecule has 0 aliphatic rings. The molecule has 1 aromatic heterocycles. The second-order valence-corrected chi connectivity index (χ2v) is 2.60. The van der Waals surface area contributed by atoms with E-state index in [2.05, 4.69) is 20.9 Å². The van der Waals surface area contributed by atoms with E-state index in [9.17, 15) is 0 Å². The topological polar surface area (TPSA) is 53.4 Å². The minimum atomic E-state index is -1.42. The highest BCUT2D eigenvalue weighted by molar-refractivity contribution is 9.10. The van der Waals surface area contributed by atoms with E-state index >= 15 is 0 Å². The van der Waals surface area contributed by atoms with E-state index < -0.39 is 7.12 Å². The Morgan fingerprint density at radius 3 is 2.60 bits per heavy atom. The molecule has 0 aliphatic heterocycles. The van der Waals surface area contributed by atoms with Gasteiger partial charge < -0.3 is 10.0 Å². The third kappa shape index (κ3) is 1.80. The van der Waals surface area contributed by atoms with Crippen LogP contribution >= 0.6 is 15.9 Å². The second kappa shape index (κ2) is 3.14. The lowest BCUT2D eigenvalue weighted by Crippen LogP contribution is -2.29. The van der Waals surface area contributed by atoms with Crippen LogP contribution < -0.4 is 5.46 Å². The SMILES string of the molecule is OB(O)c1ccnc(Br)c1. The van der Waals surface area contributed by atoms with Crippen LogP contribution in [-0.4, -0.2) is 22.2 Å². The van der Waals surface area contributed by atoms with Crippen molar-refractivity contribution in [1.29, 1.82) is 0 Å². The smallest absolute Gasteiger partial charge is 0.423 e. The van der Waals surface area contributed by atoms with Gasteiger partial charge in [0, 0.05) is 6.20 Å². The number of pyridine rings is 1. The Bertz CT molecular complexity index is 231. The van der Waals surface area contributed by atoms with Crippen LogP contribution in [0.15, 0.2) is 22.9 Å². The third-order valence-electron chi connectivity index (χ3n) is 1.05. The van der Waals surface area contributed by atoms with Crippen molar-refractivity contribution < 1.29 is 10.0 Å². The van der Waals surface area contributed by atoms with Crippen LogP contribution in [0, 0.1) is 0 Å². The lowest BCUT2D eigenvalue weighted by Gasteiger charge is -1.96. The van der Waals surface area contributed by atoms with Crippen molar-refractivity contribution in [3.8, 4) is 0 Å². The van der Waals surface area contributed by atoms with Gasteiger partial charge in [0.25, 0.3) is 0 Å². The first-order valence-corrected chi connectivity index (χ1v) is 3.47. The van der Waals surface area contributed by atoms with E-state index in [4.69, 9.17) is 10.0 Å². The van der Waals surface area contributed by atoms with Crippen molar-refractivity contribution in [3.05, 3.63) is 22.9 Å². The van der Waals surface area contributed by atoms with Crippen molar-refractivity contribution in [3.63, 3.8) is 0 Å². The van der Waals surface area contributed by atoms with Crippen molar-refractivity contribution >= 4 is 28.5 Å². The van der Waals surface area contributed by atoms with Gasteiger partial charge in [0.2, 0.25) is 0 Å². The van der Waals surface area contributed by atoms with Crippen molar-refractivity contribution in [1.82, 2.24) is 4.98 Å². The maximum absolute atomic E-state index is 8.66. The van der Waals surface area contributed by atoms with Crippen LogP contribution in [0.5, 0.6) is 0 Å². The summed E-state index contributed by atoms with van der Waals surface area (Å²) in [7, 11) is -1.42. The summed E-state index contributed by atoms with van der Waals surface area (Å²) in [5.74, 6) is 0. The third-order valence-corrected chi connectivity index (χ3v) is 1.48. The molecule has 52 valence electrons. The van der Waals surface area contributed by atoms with Crippen LogP contribution in [0.3, 0.4) is 0 Å². The van der Waals surface area contributed by atoms with Crippen LogP contribution in [0.2, 0.25) is 0 Å². The molecule has 1 heterocycles. The molecule has 0 aromatic carbocycles. The van der Waals surface area contributed by atoms with E-state index in [-0.39, 0.29) is 0 Å². The van der Waals surface area contributed by atoms with E-state index in [0.717, 1.165) is 0 Å². The van der Waals surface area contributed by atoms with Gasteiger partial charge in [0.1, 0.15) is 4.60 Å². The van der Waals surface area contributed by atoms with Gasteiger partial charge in [0.15, 0.2) is 0 Å². The number of hydrogen-bond donors (Lipinski definition) is 2. The Kier molecular flexibility index (Phi) is 2.42. The monoisotopic (exact) mass is 201 g/mol. The molecule has 0 spiro atoms. The number of rotatable bonds is 1. The molecule has 1 rings (SSSR count). The fourth-order valence-corrected chi connectivity index (χ4v) is 0.961. The Labute approximate surface area is 67.0 Å². The minimum absolute atomic E-state index is 0.432. The highest BCUT2D eigenvalue weighted by Crippen LogP contribution is 2.00. The molecule has 1 aromatic rings. The van der Waals surface area contributed by atoms with Crippen molar-refractivity contribution in [2.24, 2.45) is 0 Å². The molecular formula is C5H5BBrNO2. The molecule has 5 heteroatoms. The molecule has 0 amide bonds. The highest BCUT2D eigenvalue weighted by Gasteiger charge is 2.09. The van der Waals surface area contributed by atoms with Crippen molar-refractivity contribution in [2.75, 3.05) is 0 Å². The zero-order valence-corrected chi connectivity index (χ0v) is 6.62. The molecule has 0 unspecified atom stereocenters. The number of aromatic nitrogens is 1. The van der Waals surface area contributed by atoms with Gasteiger partial charge in [-0.15, -0.1) is 0 Å². The van der Waals surface area contributed by atoms with E-state index in [1.165, 1.54) is 12.3 Å². The maximum Gasteiger partial charge on any atom is 0.488 e. The molecule has 0 saturated heterocycles. The average Bonchev–Trinajstić information content (AvgIpc) is 1.88. The first kappa shape index (κ1) is 7.72. The Morgan fingerprint density at radius 2 is 2.20 bits per heavy atom. The summed E-state index contributed by atoms with van der Waals surface area (Å²) in [5, 5.41) is 17.3. The first-order valence-electron chi connectivity index (χ1n) is 2.68. The van der Waals surface area contributed by atoms with Crippen LogP contribution in [0.25, 0.3) is 0 Å². The molecule has 3 nitrogen and oxygen atoms in total. The lowest BCUT2D eigenvalue weighted by molar-refractivity contribution is 0.425. The Balaban J connectivity index is 2.96. The predicted octanol–water partition coefficient (Wildman–Crippen LogP) is -0.476. The molecule has 0 atom stereocenters. The molecule has 0 fully saturated rings. The van der Waals surface area contributed by atoms with Gasteiger partial charge in [-0.3, -0.25) is 0 Å². The van der Waals surface area contributed by atoms with E-state index in [1.807, 2.05) is 0 Å². The van der Waals surface area contributed by atoms with Gasteiger partial charge in [-0.05, 0) is 33.5 Å². The molecule has 0 saturated carbocycles. The predicted molar refractivity (Wildman–Crippen MR) is 41.8 cm³/mol. The summed E-state index contributed by atoms with van der Waals surface area (Å²) >= 11 is 3.10. The highest BCUT2D eigenvalue weighted by atomic mass is 79.9. The summed E-state index contributed by atoms with van der Waals surface area (Å²) < 4.78 is 0.595. The summed E-state index contributed by atoms with van der Waals surface area (Å²) in [6.07, 6.45) is 1.50. The minimum Gasteiger partial charge on any atom is -0.423 e. The summed E-state index contributed by atoms with van der Waals surface area (Å²) in [6, 6.07) is 3.08. The van der Waals surface area contributed by atoms with E-state index in [0.29, 0.717) is 10.1 Å². The van der Waals surface area contributed by atoms with E-state index in [1.54, 1.807) is 6.07 Å². The first-order chi connectivity index (χ1) is 4.70. The Hall–Kier alpha value is -0.385. The molecule has 0 bridgehead atoms. The van der Waals surface area contributed by atoms with Crippen molar-refractivity contribution in [2.45, 2.75) is 0 Å². The molecule has 10 heavy (non-hydrogen) atoms. The zero-order valence-electron chi connectivity index (χ0n) is 5.03. The fourth-order valence-electron chi connectivity index (χ4n) is 0.578. The number of nitrogens with zero attached hydrogens (tertiary/aromatic N) is 1. The molecule has 0 aliphatic carbocycles. The van der Waals surface area contributed by atoms with Crippen LogP contribution in [0.4, 0.5) is 0 Å². The summed E-state index contributed by atoms with van der Waals surface area (Å²) in [6.45, 7) is 0. The second-order valence-electron chi connectivity index (χ2n) is 1.79. The largest absolute Gasteiger partial charge is 0.488 e. The van der Waals surface area contributed by atoms with Crippen LogP contribution in [-0.2, 0) is 0 Å². The number of halogens is 1. The quantitative estimate of drug-likeness (QED) is 0.477. The zero-order chi connectivity index (χ0) is 7.56. The molecule has 2 N–H and O–H groups in total. The van der Waals surface area contributed by atoms with Gasteiger partial charge >= 0.3 is 7.12 Å². The van der Waals surface area contributed by atoms with Gasteiger partial charge in [-0.2, -0.15) is 0 Å². The summed E-state index contributed by atoms with van der Waals surface area (Å²) in [4.78, 5) is 3.82. The van der Waals surface area contributed by atoms with Gasteiger partial charge in [-0.25, -0.2) is 4.98 Å². The molecular weight excluding hydrogens is 197 g/mol.